The fraction of sp³-hybridized carbons (Fsp3) is 0.417. The predicted molar refractivity (Wildman–Crippen MR) is 54.6 cm³/mol. The third-order valence-corrected chi connectivity index (χ3v) is 3.17. The van der Waals surface area contributed by atoms with Crippen molar-refractivity contribution >= 4 is 5.97 Å². The van der Waals surface area contributed by atoms with Crippen LogP contribution in [0.5, 0.6) is 0 Å². The molecule has 1 aliphatic carbocycles. The first-order valence-corrected chi connectivity index (χ1v) is 5.23. The van der Waals surface area contributed by atoms with Gasteiger partial charge >= 0.3 is 12.1 Å². The highest BCUT2D eigenvalue weighted by molar-refractivity contribution is 5.70. The van der Waals surface area contributed by atoms with Gasteiger partial charge in [0.1, 0.15) is 0 Å². The van der Waals surface area contributed by atoms with E-state index in [0.29, 0.717) is 5.56 Å². The normalized spacial score (nSPS) is 17.8. The Bertz CT molecular complexity index is 430. The number of aliphatic carboxylic acids is 1. The van der Waals surface area contributed by atoms with Crippen LogP contribution in [0.4, 0.5) is 13.2 Å². The molecule has 0 atom stereocenters. The van der Waals surface area contributed by atoms with Gasteiger partial charge in [0.25, 0.3) is 0 Å². The maximum absolute atomic E-state index is 12.3. The second kappa shape index (κ2) is 3.75. The summed E-state index contributed by atoms with van der Waals surface area (Å²) < 4.78 is 37.0. The van der Waals surface area contributed by atoms with Gasteiger partial charge in [0.05, 0.1) is 12.0 Å². The van der Waals surface area contributed by atoms with Crippen molar-refractivity contribution in [2.45, 2.75) is 30.9 Å². The first kappa shape index (κ1) is 12.0. The number of benzene rings is 1. The average Bonchev–Trinajstić information content (AvgIpc) is 2.97. The predicted octanol–water partition coefficient (Wildman–Crippen LogP) is 3.21. The fourth-order valence-electron chi connectivity index (χ4n) is 2.02. The summed E-state index contributed by atoms with van der Waals surface area (Å²) in [5.41, 5.74) is -0.448. The molecule has 1 N–H and O–H groups in total. The molecule has 0 amide bonds. The van der Waals surface area contributed by atoms with Gasteiger partial charge in [0.15, 0.2) is 0 Å². The largest absolute Gasteiger partial charge is 0.481 e. The Kier molecular flexibility index (Phi) is 2.64. The van der Waals surface area contributed by atoms with Crippen LogP contribution in [0.3, 0.4) is 0 Å². The van der Waals surface area contributed by atoms with Gasteiger partial charge in [-0.25, -0.2) is 0 Å². The number of halogens is 3. The summed E-state index contributed by atoms with van der Waals surface area (Å²) in [6, 6.07) is 4.80. The van der Waals surface area contributed by atoms with Crippen molar-refractivity contribution in [2.24, 2.45) is 0 Å². The molecule has 2 nitrogen and oxygen atoms in total. The molecular weight excluding hydrogens is 233 g/mol. The molecule has 17 heavy (non-hydrogen) atoms. The molecule has 1 aromatic rings. The maximum Gasteiger partial charge on any atom is 0.416 e. The number of carboxylic acid groups (broad SMARTS) is 1. The van der Waals surface area contributed by atoms with E-state index in [1.807, 2.05) is 0 Å². The molecular formula is C12H11F3O2. The van der Waals surface area contributed by atoms with Gasteiger partial charge in [-0.3, -0.25) is 4.79 Å². The van der Waals surface area contributed by atoms with Gasteiger partial charge in [-0.2, -0.15) is 13.2 Å². The van der Waals surface area contributed by atoms with E-state index in [9.17, 15) is 18.0 Å². The minimum absolute atomic E-state index is 0.0155. The van der Waals surface area contributed by atoms with Crippen LogP contribution in [0.2, 0.25) is 0 Å². The summed E-state index contributed by atoms with van der Waals surface area (Å²) in [4.78, 5) is 10.7. The lowest BCUT2D eigenvalue weighted by molar-refractivity contribution is -0.138. The molecule has 1 saturated carbocycles. The van der Waals surface area contributed by atoms with Gasteiger partial charge in [-0.15, -0.1) is 0 Å². The zero-order chi connectivity index (χ0) is 12.7. The smallest absolute Gasteiger partial charge is 0.416 e. The van der Waals surface area contributed by atoms with E-state index in [0.717, 1.165) is 25.0 Å². The van der Waals surface area contributed by atoms with Crippen LogP contribution in [-0.2, 0) is 16.4 Å². The molecule has 5 heteroatoms. The van der Waals surface area contributed by atoms with Gasteiger partial charge in [0.2, 0.25) is 0 Å². The highest BCUT2D eigenvalue weighted by Crippen LogP contribution is 2.51. The molecule has 0 bridgehead atoms. The van der Waals surface area contributed by atoms with Gasteiger partial charge < -0.3 is 5.11 Å². The number of hydrogen-bond donors (Lipinski definition) is 1. The summed E-state index contributed by atoms with van der Waals surface area (Å²) in [6.45, 7) is 0. The minimum Gasteiger partial charge on any atom is -0.481 e. The Balaban J connectivity index is 2.22. The zero-order valence-corrected chi connectivity index (χ0v) is 8.92. The minimum atomic E-state index is -4.35. The third-order valence-electron chi connectivity index (χ3n) is 3.17. The Labute approximate surface area is 96.1 Å². The number of alkyl halides is 3. The molecule has 1 aliphatic rings. The first-order chi connectivity index (χ1) is 7.83. The molecule has 0 aromatic heterocycles. The van der Waals surface area contributed by atoms with Gasteiger partial charge in [0, 0.05) is 5.41 Å². The lowest BCUT2D eigenvalue weighted by Crippen LogP contribution is -2.13. The molecule has 0 aliphatic heterocycles. The third kappa shape index (κ3) is 2.43. The number of rotatable bonds is 3. The van der Waals surface area contributed by atoms with Crippen molar-refractivity contribution in [2.75, 3.05) is 0 Å². The van der Waals surface area contributed by atoms with Crippen LogP contribution in [0, 0.1) is 0 Å². The van der Waals surface area contributed by atoms with E-state index < -0.39 is 23.1 Å². The molecule has 2 rings (SSSR count). The van der Waals surface area contributed by atoms with Crippen LogP contribution in [-0.4, -0.2) is 11.1 Å². The molecule has 0 unspecified atom stereocenters. The lowest BCUT2D eigenvalue weighted by Gasteiger charge is -2.14. The van der Waals surface area contributed by atoms with Crippen molar-refractivity contribution in [1.82, 2.24) is 0 Å². The van der Waals surface area contributed by atoms with Crippen LogP contribution < -0.4 is 0 Å². The Hall–Kier alpha value is -1.52. The van der Waals surface area contributed by atoms with E-state index in [4.69, 9.17) is 5.11 Å². The van der Waals surface area contributed by atoms with E-state index in [1.165, 1.54) is 12.1 Å². The van der Waals surface area contributed by atoms with Gasteiger partial charge in [-0.05, 0) is 30.5 Å². The summed E-state index contributed by atoms with van der Waals surface area (Å²) in [5.74, 6) is -0.914. The van der Waals surface area contributed by atoms with E-state index in [2.05, 4.69) is 0 Å². The molecule has 92 valence electrons. The molecule has 0 radical (unpaired) electrons. The Morgan fingerprint density at radius 3 is 2.12 bits per heavy atom. The van der Waals surface area contributed by atoms with Crippen molar-refractivity contribution in [3.05, 3.63) is 35.4 Å². The first-order valence-electron chi connectivity index (χ1n) is 5.23. The molecule has 1 aromatic carbocycles. The average molecular weight is 244 g/mol. The molecule has 0 spiro atoms. The van der Waals surface area contributed by atoms with Crippen LogP contribution in [0.15, 0.2) is 24.3 Å². The highest BCUT2D eigenvalue weighted by Gasteiger charge is 2.46. The van der Waals surface area contributed by atoms with Crippen molar-refractivity contribution in [1.29, 1.82) is 0 Å². The number of carbonyl (C=O) groups is 1. The summed E-state index contributed by atoms with van der Waals surface area (Å²) in [6.07, 6.45) is -2.91. The Morgan fingerprint density at radius 2 is 1.76 bits per heavy atom. The molecule has 0 heterocycles. The van der Waals surface area contributed by atoms with E-state index >= 15 is 0 Å². The van der Waals surface area contributed by atoms with Gasteiger partial charge in [-0.1, -0.05) is 12.1 Å². The molecule has 1 fully saturated rings. The quantitative estimate of drug-likeness (QED) is 0.886. The summed E-state index contributed by atoms with van der Waals surface area (Å²) >= 11 is 0. The second-order valence-corrected chi connectivity index (χ2v) is 4.43. The number of hydrogen-bond acceptors (Lipinski definition) is 1. The number of carboxylic acids is 1. The highest BCUT2D eigenvalue weighted by atomic mass is 19.4. The maximum atomic E-state index is 12.3. The zero-order valence-electron chi connectivity index (χ0n) is 8.92. The topological polar surface area (TPSA) is 37.3 Å². The van der Waals surface area contributed by atoms with Crippen LogP contribution in [0.1, 0.15) is 30.4 Å². The van der Waals surface area contributed by atoms with Crippen LogP contribution in [0.25, 0.3) is 0 Å². The second-order valence-electron chi connectivity index (χ2n) is 4.43. The lowest BCUT2D eigenvalue weighted by atomic mass is 9.92. The SMILES string of the molecule is O=C(O)CC1(c2ccc(C(F)(F)F)cc2)CC1. The van der Waals surface area contributed by atoms with Crippen molar-refractivity contribution < 1.29 is 23.1 Å². The van der Waals surface area contributed by atoms with Crippen molar-refractivity contribution in [3.8, 4) is 0 Å². The standard InChI is InChI=1S/C12H11F3O2/c13-12(14,15)9-3-1-8(2-4-9)11(5-6-11)7-10(16)17/h1-4H,5-7H2,(H,16,17). The Morgan fingerprint density at radius 1 is 1.24 bits per heavy atom. The van der Waals surface area contributed by atoms with Crippen molar-refractivity contribution in [3.63, 3.8) is 0 Å². The van der Waals surface area contributed by atoms with Crippen LogP contribution >= 0.6 is 0 Å². The van der Waals surface area contributed by atoms with E-state index in [-0.39, 0.29) is 6.42 Å². The monoisotopic (exact) mass is 244 g/mol. The summed E-state index contributed by atoms with van der Waals surface area (Å²) in [5, 5.41) is 8.75. The van der Waals surface area contributed by atoms with E-state index in [1.54, 1.807) is 0 Å². The fourth-order valence-corrected chi connectivity index (χ4v) is 2.02. The molecule has 0 saturated heterocycles. The summed E-state index contributed by atoms with van der Waals surface area (Å²) in [7, 11) is 0.